The number of hydrogen-bond donors (Lipinski definition) is 0. The van der Waals surface area contributed by atoms with Crippen LogP contribution in [0.4, 0.5) is 0 Å². The van der Waals surface area contributed by atoms with Crippen molar-refractivity contribution >= 4 is 17.5 Å². The maximum absolute atomic E-state index is 11.5. The van der Waals surface area contributed by atoms with Gasteiger partial charge in [0.2, 0.25) is 0 Å². The van der Waals surface area contributed by atoms with Gasteiger partial charge < -0.3 is 0 Å². The molecule has 1 fully saturated rings. The van der Waals surface area contributed by atoms with Crippen LogP contribution in [0.3, 0.4) is 0 Å². The zero-order valence-electron chi connectivity index (χ0n) is 7.80. The summed E-state index contributed by atoms with van der Waals surface area (Å²) >= 11 is 1.78. The second-order valence-corrected chi connectivity index (χ2v) is 5.06. The lowest BCUT2D eigenvalue weighted by molar-refractivity contribution is -0.120. The summed E-state index contributed by atoms with van der Waals surface area (Å²) in [6.07, 6.45) is 3.70. The quantitative estimate of drug-likeness (QED) is 0.614. The molecule has 1 unspecified atom stereocenters. The maximum atomic E-state index is 11.5. The second kappa shape index (κ2) is 3.65. The van der Waals surface area contributed by atoms with Crippen molar-refractivity contribution in [1.82, 2.24) is 0 Å². The first kappa shape index (κ1) is 9.85. The van der Waals surface area contributed by atoms with E-state index in [1.807, 2.05) is 6.08 Å². The Bertz CT molecular complexity index is 196. The molecular formula is C10H16OS. The van der Waals surface area contributed by atoms with Crippen LogP contribution in [0.15, 0.2) is 12.7 Å². The van der Waals surface area contributed by atoms with Crippen LogP contribution in [-0.2, 0) is 4.79 Å². The number of allylic oxidation sites excluding steroid dienone is 1. The standard InChI is InChI=1S/C10H16OS/c1-4-10(2,3)9-8(11)6-5-7-12-9/h4,9H,1,5-7H2,2-3H3. The summed E-state index contributed by atoms with van der Waals surface area (Å²) < 4.78 is 0. The molecule has 0 aliphatic carbocycles. The molecule has 1 saturated heterocycles. The Balaban J connectivity index is 2.71. The Kier molecular flexibility index (Phi) is 2.99. The first-order valence-corrected chi connectivity index (χ1v) is 5.41. The fraction of sp³-hybridized carbons (Fsp3) is 0.700. The first-order chi connectivity index (χ1) is 5.58. The molecule has 1 aliphatic heterocycles. The molecule has 0 amide bonds. The van der Waals surface area contributed by atoms with Gasteiger partial charge in [-0.1, -0.05) is 19.9 Å². The first-order valence-electron chi connectivity index (χ1n) is 4.36. The molecule has 0 saturated carbocycles. The van der Waals surface area contributed by atoms with E-state index in [0.717, 1.165) is 18.6 Å². The second-order valence-electron chi connectivity index (χ2n) is 3.85. The van der Waals surface area contributed by atoms with Crippen LogP contribution >= 0.6 is 11.8 Å². The molecule has 1 atom stereocenters. The monoisotopic (exact) mass is 184 g/mol. The van der Waals surface area contributed by atoms with E-state index in [1.54, 1.807) is 11.8 Å². The highest BCUT2D eigenvalue weighted by molar-refractivity contribution is 8.00. The highest BCUT2D eigenvalue weighted by atomic mass is 32.2. The van der Waals surface area contributed by atoms with Gasteiger partial charge in [-0.3, -0.25) is 4.79 Å². The van der Waals surface area contributed by atoms with E-state index < -0.39 is 0 Å². The Hall–Kier alpha value is -0.240. The van der Waals surface area contributed by atoms with Gasteiger partial charge in [0.15, 0.2) is 0 Å². The highest BCUT2D eigenvalue weighted by Crippen LogP contribution is 2.36. The van der Waals surface area contributed by atoms with Crippen LogP contribution in [0.1, 0.15) is 26.7 Å². The zero-order valence-corrected chi connectivity index (χ0v) is 8.62. The average Bonchev–Trinajstić information content (AvgIpc) is 2.05. The topological polar surface area (TPSA) is 17.1 Å². The minimum absolute atomic E-state index is 0.0395. The van der Waals surface area contributed by atoms with Gasteiger partial charge >= 0.3 is 0 Å². The van der Waals surface area contributed by atoms with Crippen LogP contribution in [0, 0.1) is 5.41 Å². The summed E-state index contributed by atoms with van der Waals surface area (Å²) in [5.41, 5.74) is -0.0395. The molecule has 0 radical (unpaired) electrons. The third-order valence-corrected chi connectivity index (χ3v) is 4.07. The van der Waals surface area contributed by atoms with Gasteiger partial charge in [-0.05, 0) is 12.2 Å². The van der Waals surface area contributed by atoms with Crippen molar-refractivity contribution in [1.29, 1.82) is 0 Å². The summed E-state index contributed by atoms with van der Waals surface area (Å²) in [5, 5.41) is 0.142. The third-order valence-electron chi connectivity index (χ3n) is 2.35. The third kappa shape index (κ3) is 1.92. The van der Waals surface area contributed by atoms with Crippen LogP contribution in [-0.4, -0.2) is 16.8 Å². The molecule has 0 bridgehead atoms. The van der Waals surface area contributed by atoms with Crippen molar-refractivity contribution < 1.29 is 4.79 Å². The van der Waals surface area contributed by atoms with Crippen molar-refractivity contribution in [3.63, 3.8) is 0 Å². The Morgan fingerprint density at radius 3 is 2.83 bits per heavy atom. The minimum Gasteiger partial charge on any atom is -0.298 e. The molecule has 12 heavy (non-hydrogen) atoms. The van der Waals surface area contributed by atoms with Crippen molar-refractivity contribution in [2.24, 2.45) is 5.41 Å². The predicted molar refractivity (Wildman–Crippen MR) is 54.5 cm³/mol. The summed E-state index contributed by atoms with van der Waals surface area (Å²) in [7, 11) is 0. The lowest BCUT2D eigenvalue weighted by Gasteiger charge is -2.32. The van der Waals surface area contributed by atoms with E-state index in [1.165, 1.54) is 0 Å². The Morgan fingerprint density at radius 1 is 1.67 bits per heavy atom. The molecule has 0 aromatic heterocycles. The van der Waals surface area contributed by atoms with Gasteiger partial charge in [0.05, 0.1) is 5.25 Å². The van der Waals surface area contributed by atoms with E-state index in [0.29, 0.717) is 5.78 Å². The molecule has 0 N–H and O–H groups in total. The van der Waals surface area contributed by atoms with Crippen LogP contribution in [0.25, 0.3) is 0 Å². The van der Waals surface area contributed by atoms with E-state index in [4.69, 9.17) is 0 Å². The van der Waals surface area contributed by atoms with Crippen molar-refractivity contribution in [2.45, 2.75) is 31.9 Å². The summed E-state index contributed by atoms with van der Waals surface area (Å²) in [6.45, 7) is 7.94. The number of carbonyl (C=O) groups excluding carboxylic acids is 1. The Labute approximate surface area is 78.6 Å². The predicted octanol–water partition coefficient (Wildman–Crippen LogP) is 2.66. The number of rotatable bonds is 2. The van der Waals surface area contributed by atoms with Gasteiger partial charge in [-0.15, -0.1) is 18.3 Å². The lowest BCUT2D eigenvalue weighted by Crippen LogP contribution is -2.35. The summed E-state index contributed by atoms with van der Waals surface area (Å²) in [6, 6.07) is 0. The fourth-order valence-electron chi connectivity index (χ4n) is 1.41. The van der Waals surface area contributed by atoms with Gasteiger partial charge in [0, 0.05) is 11.8 Å². The molecule has 0 aromatic carbocycles. The van der Waals surface area contributed by atoms with Crippen molar-refractivity contribution in [3.8, 4) is 0 Å². The van der Waals surface area contributed by atoms with Crippen LogP contribution in [0.2, 0.25) is 0 Å². The molecule has 68 valence electrons. The molecule has 1 heterocycles. The van der Waals surface area contributed by atoms with E-state index >= 15 is 0 Å². The number of carbonyl (C=O) groups is 1. The van der Waals surface area contributed by atoms with Crippen molar-refractivity contribution in [2.75, 3.05) is 5.75 Å². The smallest absolute Gasteiger partial charge is 0.146 e. The molecular weight excluding hydrogens is 168 g/mol. The molecule has 0 spiro atoms. The molecule has 0 aromatic rings. The molecule has 1 rings (SSSR count). The Morgan fingerprint density at radius 2 is 2.33 bits per heavy atom. The summed E-state index contributed by atoms with van der Waals surface area (Å²) in [5.74, 6) is 1.52. The van der Waals surface area contributed by atoms with Gasteiger partial charge in [-0.25, -0.2) is 0 Å². The number of Topliss-reactive ketones (excluding diaryl/α,β-unsaturated/α-hetero) is 1. The van der Waals surface area contributed by atoms with Gasteiger partial charge in [0.25, 0.3) is 0 Å². The lowest BCUT2D eigenvalue weighted by atomic mass is 9.85. The SMILES string of the molecule is C=CC(C)(C)C1SCCCC1=O. The largest absolute Gasteiger partial charge is 0.298 e. The molecule has 2 heteroatoms. The number of thioether (sulfide) groups is 1. The summed E-state index contributed by atoms with van der Waals surface area (Å²) in [4.78, 5) is 11.5. The highest BCUT2D eigenvalue weighted by Gasteiger charge is 2.34. The van der Waals surface area contributed by atoms with Gasteiger partial charge in [0.1, 0.15) is 5.78 Å². The minimum atomic E-state index is -0.0395. The van der Waals surface area contributed by atoms with Crippen molar-refractivity contribution in [3.05, 3.63) is 12.7 Å². The average molecular weight is 184 g/mol. The van der Waals surface area contributed by atoms with E-state index in [-0.39, 0.29) is 10.7 Å². The van der Waals surface area contributed by atoms with E-state index in [2.05, 4.69) is 20.4 Å². The zero-order chi connectivity index (χ0) is 9.19. The number of hydrogen-bond acceptors (Lipinski definition) is 2. The maximum Gasteiger partial charge on any atom is 0.146 e. The molecule has 1 aliphatic rings. The van der Waals surface area contributed by atoms with Crippen LogP contribution < -0.4 is 0 Å². The van der Waals surface area contributed by atoms with Gasteiger partial charge in [-0.2, -0.15) is 0 Å². The number of ketones is 1. The normalized spacial score (nSPS) is 25.5. The fourth-order valence-corrected chi connectivity index (χ4v) is 2.78. The van der Waals surface area contributed by atoms with E-state index in [9.17, 15) is 4.79 Å². The molecule has 1 nitrogen and oxygen atoms in total. The van der Waals surface area contributed by atoms with Crippen LogP contribution in [0.5, 0.6) is 0 Å².